The van der Waals surface area contributed by atoms with Gasteiger partial charge in [0.15, 0.2) is 18.1 Å². The number of carbonyl (C=O) groups is 2. The van der Waals surface area contributed by atoms with Gasteiger partial charge in [0.05, 0.1) is 6.61 Å². The second-order valence-corrected chi connectivity index (χ2v) is 7.26. The van der Waals surface area contributed by atoms with Crippen molar-refractivity contribution in [3.05, 3.63) is 65.7 Å². The molecule has 1 amide bonds. The van der Waals surface area contributed by atoms with Crippen molar-refractivity contribution in [3.8, 4) is 11.5 Å². The van der Waals surface area contributed by atoms with E-state index >= 15 is 0 Å². The molecule has 0 heterocycles. The van der Waals surface area contributed by atoms with Crippen LogP contribution in [0.15, 0.2) is 54.6 Å². The number of amides is 1. The third kappa shape index (κ3) is 7.15. The zero-order valence-corrected chi connectivity index (χ0v) is 19.6. The van der Waals surface area contributed by atoms with E-state index in [1.54, 1.807) is 30.0 Å². The summed E-state index contributed by atoms with van der Waals surface area (Å²) < 4.78 is 16.9. The Labute approximate surface area is 190 Å². The van der Waals surface area contributed by atoms with Gasteiger partial charge in [-0.3, -0.25) is 4.79 Å². The fraction of sp³-hybridized carbons (Fsp3) is 0.385. The van der Waals surface area contributed by atoms with E-state index in [-0.39, 0.29) is 25.2 Å². The molecule has 0 fully saturated rings. The number of ether oxygens (including phenoxy) is 3. The van der Waals surface area contributed by atoms with Crippen molar-refractivity contribution in [2.24, 2.45) is 0 Å². The minimum atomic E-state index is -0.455. The SMILES string of the molecule is CCOC(=O)COc1cc(C(C)=CC(=O)N(CC)CC)ccc1OC(C)c1ccccc1. The van der Waals surface area contributed by atoms with Gasteiger partial charge in [-0.1, -0.05) is 36.4 Å². The van der Waals surface area contributed by atoms with Crippen LogP contribution < -0.4 is 9.47 Å². The van der Waals surface area contributed by atoms with Gasteiger partial charge in [-0.25, -0.2) is 4.79 Å². The molecule has 0 aliphatic rings. The zero-order valence-electron chi connectivity index (χ0n) is 19.6. The molecule has 0 saturated heterocycles. The van der Waals surface area contributed by atoms with Crippen molar-refractivity contribution in [1.29, 1.82) is 0 Å². The lowest BCUT2D eigenvalue weighted by Gasteiger charge is -2.19. The number of rotatable bonds is 11. The molecule has 0 aliphatic carbocycles. The molecule has 0 aromatic heterocycles. The zero-order chi connectivity index (χ0) is 23.5. The van der Waals surface area contributed by atoms with E-state index in [1.807, 2.05) is 64.1 Å². The van der Waals surface area contributed by atoms with Crippen LogP contribution in [0.1, 0.15) is 51.8 Å². The van der Waals surface area contributed by atoms with E-state index in [9.17, 15) is 9.59 Å². The number of esters is 1. The van der Waals surface area contributed by atoms with Crippen LogP contribution in [0.5, 0.6) is 11.5 Å². The van der Waals surface area contributed by atoms with Crippen molar-refractivity contribution in [1.82, 2.24) is 4.90 Å². The molecule has 1 unspecified atom stereocenters. The Kier molecular flexibility index (Phi) is 9.79. The summed E-state index contributed by atoms with van der Waals surface area (Å²) in [6.45, 7) is 10.8. The highest BCUT2D eigenvalue weighted by Gasteiger charge is 2.15. The van der Waals surface area contributed by atoms with Crippen molar-refractivity contribution in [3.63, 3.8) is 0 Å². The molecule has 0 saturated carbocycles. The smallest absolute Gasteiger partial charge is 0.344 e. The van der Waals surface area contributed by atoms with Crippen LogP contribution in [-0.4, -0.2) is 43.1 Å². The highest BCUT2D eigenvalue weighted by molar-refractivity contribution is 5.95. The summed E-state index contributed by atoms with van der Waals surface area (Å²) >= 11 is 0. The maximum atomic E-state index is 12.5. The number of hydrogen-bond acceptors (Lipinski definition) is 5. The van der Waals surface area contributed by atoms with Crippen molar-refractivity contribution < 1.29 is 23.8 Å². The molecule has 0 aliphatic heterocycles. The summed E-state index contributed by atoms with van der Waals surface area (Å²) in [6, 6.07) is 15.3. The number of likely N-dealkylation sites (N-methyl/N-ethyl adjacent to an activating group) is 1. The number of allylic oxidation sites excluding steroid dienone is 1. The predicted molar refractivity (Wildman–Crippen MR) is 126 cm³/mol. The molecule has 6 heteroatoms. The summed E-state index contributed by atoms with van der Waals surface area (Å²) in [7, 11) is 0. The third-order valence-corrected chi connectivity index (χ3v) is 5.04. The first-order valence-corrected chi connectivity index (χ1v) is 11.0. The number of hydrogen-bond donors (Lipinski definition) is 0. The quantitative estimate of drug-likeness (QED) is 0.362. The summed E-state index contributed by atoms with van der Waals surface area (Å²) in [5.74, 6) is 0.432. The fourth-order valence-corrected chi connectivity index (χ4v) is 3.18. The summed E-state index contributed by atoms with van der Waals surface area (Å²) in [4.78, 5) is 26.0. The average molecular weight is 440 g/mol. The molecule has 172 valence electrons. The molecular weight excluding hydrogens is 406 g/mol. The van der Waals surface area contributed by atoms with Gasteiger partial charge in [-0.2, -0.15) is 0 Å². The molecule has 1 atom stereocenters. The molecule has 0 spiro atoms. The molecule has 0 radical (unpaired) electrons. The standard InChI is InChI=1S/C26H33NO5/c1-6-27(7-2)25(28)16-19(4)22-14-15-23(24(17-22)31-18-26(29)30-8-3)32-20(5)21-12-10-9-11-13-21/h9-17,20H,6-8,18H2,1-5H3. The van der Waals surface area contributed by atoms with E-state index in [2.05, 4.69) is 0 Å². The largest absolute Gasteiger partial charge is 0.482 e. The van der Waals surface area contributed by atoms with Crippen LogP contribution in [0.2, 0.25) is 0 Å². The van der Waals surface area contributed by atoms with Gasteiger partial charge in [0, 0.05) is 19.2 Å². The predicted octanol–water partition coefficient (Wildman–Crippen LogP) is 5.04. The number of benzene rings is 2. The molecular formula is C26H33NO5. The van der Waals surface area contributed by atoms with Crippen LogP contribution in [0.25, 0.3) is 5.57 Å². The molecule has 2 aromatic rings. The molecule has 0 N–H and O–H groups in total. The van der Waals surface area contributed by atoms with Crippen LogP contribution in [-0.2, 0) is 14.3 Å². The maximum Gasteiger partial charge on any atom is 0.344 e. The Morgan fingerprint density at radius 1 is 1.00 bits per heavy atom. The van der Waals surface area contributed by atoms with Gasteiger partial charge in [0.25, 0.3) is 0 Å². The molecule has 32 heavy (non-hydrogen) atoms. The Morgan fingerprint density at radius 2 is 1.69 bits per heavy atom. The van der Waals surface area contributed by atoms with Crippen LogP contribution in [0.3, 0.4) is 0 Å². The van der Waals surface area contributed by atoms with Crippen molar-refractivity contribution in [2.75, 3.05) is 26.3 Å². The summed E-state index contributed by atoms with van der Waals surface area (Å²) in [6.07, 6.45) is 1.40. The first-order valence-electron chi connectivity index (χ1n) is 11.0. The molecule has 2 aromatic carbocycles. The first-order chi connectivity index (χ1) is 15.4. The lowest BCUT2D eigenvalue weighted by molar-refractivity contribution is -0.145. The third-order valence-electron chi connectivity index (χ3n) is 5.04. The average Bonchev–Trinajstić information content (AvgIpc) is 2.79. The van der Waals surface area contributed by atoms with E-state index < -0.39 is 5.97 Å². The minimum absolute atomic E-state index is 0.0421. The van der Waals surface area contributed by atoms with Gasteiger partial charge >= 0.3 is 5.97 Å². The lowest BCUT2D eigenvalue weighted by atomic mass is 10.1. The highest BCUT2D eigenvalue weighted by atomic mass is 16.6. The van der Waals surface area contributed by atoms with E-state index in [1.165, 1.54) is 0 Å². The summed E-state index contributed by atoms with van der Waals surface area (Å²) in [5, 5.41) is 0. The molecule has 6 nitrogen and oxygen atoms in total. The van der Waals surface area contributed by atoms with Gasteiger partial charge in [-0.05, 0) is 63.5 Å². The van der Waals surface area contributed by atoms with Crippen molar-refractivity contribution in [2.45, 2.75) is 40.7 Å². The van der Waals surface area contributed by atoms with E-state index in [0.29, 0.717) is 24.6 Å². The fourth-order valence-electron chi connectivity index (χ4n) is 3.18. The lowest BCUT2D eigenvalue weighted by Crippen LogP contribution is -2.28. The monoisotopic (exact) mass is 439 g/mol. The van der Waals surface area contributed by atoms with Crippen LogP contribution >= 0.6 is 0 Å². The number of nitrogens with zero attached hydrogens (tertiary/aromatic N) is 1. The highest BCUT2D eigenvalue weighted by Crippen LogP contribution is 2.34. The first kappa shape index (κ1) is 25.0. The van der Waals surface area contributed by atoms with E-state index in [0.717, 1.165) is 16.7 Å². The van der Waals surface area contributed by atoms with E-state index in [4.69, 9.17) is 14.2 Å². The van der Waals surface area contributed by atoms with Crippen LogP contribution in [0.4, 0.5) is 0 Å². The Balaban J connectivity index is 2.30. The topological polar surface area (TPSA) is 65.1 Å². The second kappa shape index (κ2) is 12.5. The Hall–Kier alpha value is -3.28. The Bertz CT molecular complexity index is 919. The maximum absolute atomic E-state index is 12.5. The molecule has 0 bridgehead atoms. The van der Waals surface area contributed by atoms with Gasteiger partial charge < -0.3 is 19.1 Å². The minimum Gasteiger partial charge on any atom is -0.482 e. The van der Waals surface area contributed by atoms with Gasteiger partial charge in [0.2, 0.25) is 5.91 Å². The van der Waals surface area contributed by atoms with Crippen LogP contribution in [0, 0.1) is 0 Å². The Morgan fingerprint density at radius 3 is 2.31 bits per heavy atom. The van der Waals surface area contributed by atoms with Crippen molar-refractivity contribution >= 4 is 17.4 Å². The van der Waals surface area contributed by atoms with Gasteiger partial charge in [-0.15, -0.1) is 0 Å². The second-order valence-electron chi connectivity index (χ2n) is 7.26. The molecule has 2 rings (SSSR count). The van der Waals surface area contributed by atoms with Gasteiger partial charge in [0.1, 0.15) is 6.10 Å². The number of carbonyl (C=O) groups excluding carboxylic acids is 2. The summed E-state index contributed by atoms with van der Waals surface area (Å²) in [5.41, 5.74) is 2.63. The normalized spacial score (nSPS) is 12.1.